The standard InChI is InChI=1S/C24H17NO3S/c1-27-18-9-7-17(8-10-18)24-22(20-12-11-19(28-2)13-21(20)29-24)23(26)16-5-3-15(14-25)4-6-16/h3-13H,1-2H3. The average molecular weight is 399 g/mol. The van der Waals surface area contributed by atoms with Crippen LogP contribution < -0.4 is 9.47 Å². The molecular weight excluding hydrogens is 382 g/mol. The van der Waals surface area contributed by atoms with Crippen molar-refractivity contribution in [2.45, 2.75) is 0 Å². The lowest BCUT2D eigenvalue weighted by molar-refractivity contribution is 0.104. The topological polar surface area (TPSA) is 59.3 Å². The lowest BCUT2D eigenvalue weighted by Crippen LogP contribution is -2.02. The summed E-state index contributed by atoms with van der Waals surface area (Å²) in [5, 5.41) is 9.91. The van der Waals surface area contributed by atoms with Crippen molar-refractivity contribution < 1.29 is 14.3 Å². The van der Waals surface area contributed by atoms with Crippen molar-refractivity contribution in [2.24, 2.45) is 0 Å². The van der Waals surface area contributed by atoms with E-state index in [1.165, 1.54) is 0 Å². The zero-order valence-electron chi connectivity index (χ0n) is 15.9. The van der Waals surface area contributed by atoms with Crippen LogP contribution in [0.4, 0.5) is 0 Å². The summed E-state index contributed by atoms with van der Waals surface area (Å²) in [4.78, 5) is 14.4. The van der Waals surface area contributed by atoms with Crippen LogP contribution in [0.25, 0.3) is 20.5 Å². The molecule has 0 saturated carbocycles. The van der Waals surface area contributed by atoms with E-state index in [2.05, 4.69) is 6.07 Å². The van der Waals surface area contributed by atoms with Gasteiger partial charge in [-0.2, -0.15) is 5.26 Å². The van der Waals surface area contributed by atoms with Crippen LogP contribution >= 0.6 is 11.3 Å². The molecule has 0 spiro atoms. The molecule has 0 aliphatic rings. The lowest BCUT2D eigenvalue weighted by Gasteiger charge is -2.06. The van der Waals surface area contributed by atoms with Gasteiger partial charge in [-0.1, -0.05) is 0 Å². The van der Waals surface area contributed by atoms with E-state index in [0.717, 1.165) is 32.0 Å². The van der Waals surface area contributed by atoms with Crippen molar-refractivity contribution >= 4 is 27.2 Å². The summed E-state index contributed by atoms with van der Waals surface area (Å²) < 4.78 is 11.6. The number of nitriles is 1. The minimum absolute atomic E-state index is 0.0725. The van der Waals surface area contributed by atoms with Crippen LogP contribution in [-0.4, -0.2) is 20.0 Å². The number of fused-ring (bicyclic) bond motifs is 1. The van der Waals surface area contributed by atoms with Crippen LogP contribution in [-0.2, 0) is 0 Å². The van der Waals surface area contributed by atoms with E-state index in [1.54, 1.807) is 49.8 Å². The van der Waals surface area contributed by atoms with Crippen LogP contribution in [0.2, 0.25) is 0 Å². The van der Waals surface area contributed by atoms with Gasteiger partial charge in [-0.25, -0.2) is 0 Å². The SMILES string of the molecule is COc1ccc(-c2sc3cc(OC)ccc3c2C(=O)c2ccc(C#N)cc2)cc1. The Labute approximate surface area is 172 Å². The molecule has 1 aromatic heterocycles. The van der Waals surface area contributed by atoms with Crippen LogP contribution in [0.5, 0.6) is 11.5 Å². The van der Waals surface area contributed by atoms with Crippen molar-refractivity contribution in [3.63, 3.8) is 0 Å². The molecule has 142 valence electrons. The van der Waals surface area contributed by atoms with Gasteiger partial charge in [0.05, 0.1) is 25.9 Å². The second kappa shape index (κ2) is 7.78. The van der Waals surface area contributed by atoms with E-state index >= 15 is 0 Å². The van der Waals surface area contributed by atoms with Gasteiger partial charge in [-0.3, -0.25) is 4.79 Å². The summed E-state index contributed by atoms with van der Waals surface area (Å²) in [5.41, 5.74) is 2.68. The number of methoxy groups -OCH3 is 2. The van der Waals surface area contributed by atoms with Gasteiger partial charge in [-0.15, -0.1) is 11.3 Å². The van der Waals surface area contributed by atoms with E-state index in [9.17, 15) is 4.79 Å². The van der Waals surface area contributed by atoms with Gasteiger partial charge in [0.15, 0.2) is 5.78 Å². The Balaban J connectivity index is 1.91. The van der Waals surface area contributed by atoms with Crippen molar-refractivity contribution in [3.8, 4) is 28.0 Å². The zero-order chi connectivity index (χ0) is 20.4. The minimum Gasteiger partial charge on any atom is -0.497 e. The number of nitrogens with zero attached hydrogens (tertiary/aromatic N) is 1. The summed E-state index contributed by atoms with van der Waals surface area (Å²) in [5.74, 6) is 1.44. The number of hydrogen-bond acceptors (Lipinski definition) is 5. The van der Waals surface area contributed by atoms with Crippen LogP contribution in [0, 0.1) is 11.3 Å². The van der Waals surface area contributed by atoms with E-state index < -0.39 is 0 Å². The normalized spacial score (nSPS) is 10.5. The van der Waals surface area contributed by atoms with Gasteiger partial charge >= 0.3 is 0 Å². The largest absolute Gasteiger partial charge is 0.497 e. The highest BCUT2D eigenvalue weighted by molar-refractivity contribution is 7.22. The summed E-state index contributed by atoms with van der Waals surface area (Å²) in [6.07, 6.45) is 0. The molecule has 0 aliphatic heterocycles. The molecule has 0 amide bonds. The first-order valence-corrected chi connectivity index (χ1v) is 9.76. The van der Waals surface area contributed by atoms with E-state index in [4.69, 9.17) is 14.7 Å². The number of carbonyl (C=O) groups excluding carboxylic acids is 1. The first-order chi connectivity index (χ1) is 14.1. The Hall–Kier alpha value is -3.62. The van der Waals surface area contributed by atoms with Gasteiger partial charge in [0.25, 0.3) is 0 Å². The monoisotopic (exact) mass is 399 g/mol. The summed E-state index contributed by atoms with van der Waals surface area (Å²) in [6.45, 7) is 0. The fourth-order valence-electron chi connectivity index (χ4n) is 3.22. The molecule has 0 aliphatic carbocycles. The average Bonchev–Trinajstić information content (AvgIpc) is 3.17. The van der Waals surface area contributed by atoms with Crippen LogP contribution in [0.3, 0.4) is 0 Å². The molecule has 3 aromatic carbocycles. The van der Waals surface area contributed by atoms with Crippen molar-refractivity contribution in [1.29, 1.82) is 5.26 Å². The van der Waals surface area contributed by atoms with Crippen molar-refractivity contribution in [2.75, 3.05) is 14.2 Å². The zero-order valence-corrected chi connectivity index (χ0v) is 16.7. The summed E-state index contributed by atoms with van der Waals surface area (Å²) in [6, 6.07) is 22.2. The first-order valence-electron chi connectivity index (χ1n) is 8.94. The van der Waals surface area contributed by atoms with Gasteiger partial charge in [0.2, 0.25) is 0 Å². The van der Waals surface area contributed by atoms with Crippen LogP contribution in [0.15, 0.2) is 66.7 Å². The Kier molecular flexibility index (Phi) is 5.03. The predicted octanol–water partition coefficient (Wildman–Crippen LogP) is 5.69. The quantitative estimate of drug-likeness (QED) is 0.405. The molecule has 1 heterocycles. The Morgan fingerprint density at radius 3 is 2.17 bits per heavy atom. The molecule has 0 fully saturated rings. The molecule has 4 nitrogen and oxygen atoms in total. The van der Waals surface area contributed by atoms with Crippen molar-refractivity contribution in [3.05, 3.63) is 83.4 Å². The third-order valence-corrected chi connectivity index (χ3v) is 5.95. The molecule has 0 unspecified atom stereocenters. The minimum atomic E-state index is -0.0725. The molecule has 0 N–H and O–H groups in total. The summed E-state index contributed by atoms with van der Waals surface area (Å²) in [7, 11) is 3.25. The number of benzene rings is 3. The Morgan fingerprint density at radius 1 is 0.897 bits per heavy atom. The summed E-state index contributed by atoms with van der Waals surface area (Å²) >= 11 is 1.56. The first kappa shape index (κ1) is 18.7. The Bertz CT molecular complexity index is 1230. The molecule has 5 heteroatoms. The lowest BCUT2D eigenvalue weighted by atomic mass is 9.97. The maximum atomic E-state index is 13.5. The number of rotatable bonds is 5. The molecule has 0 atom stereocenters. The smallest absolute Gasteiger partial charge is 0.195 e. The van der Waals surface area contributed by atoms with Crippen molar-refractivity contribution in [1.82, 2.24) is 0 Å². The molecule has 0 radical (unpaired) electrons. The van der Waals surface area contributed by atoms with Crippen LogP contribution in [0.1, 0.15) is 21.5 Å². The molecule has 0 bridgehead atoms. The van der Waals surface area contributed by atoms with Gasteiger partial charge < -0.3 is 9.47 Å². The maximum absolute atomic E-state index is 13.5. The van der Waals surface area contributed by atoms with E-state index in [0.29, 0.717) is 16.7 Å². The number of carbonyl (C=O) groups is 1. The number of thiophene rings is 1. The molecule has 29 heavy (non-hydrogen) atoms. The Morgan fingerprint density at radius 2 is 1.55 bits per heavy atom. The third-order valence-electron chi connectivity index (χ3n) is 4.75. The highest BCUT2D eigenvalue weighted by Crippen LogP contribution is 2.41. The molecule has 0 saturated heterocycles. The third kappa shape index (κ3) is 3.46. The fraction of sp³-hybridized carbons (Fsp3) is 0.0833. The fourth-order valence-corrected chi connectivity index (χ4v) is 4.45. The van der Waals surface area contributed by atoms with Gasteiger partial charge in [0, 0.05) is 26.1 Å². The molecule has 4 rings (SSSR count). The van der Waals surface area contributed by atoms with E-state index in [1.807, 2.05) is 42.5 Å². The van der Waals surface area contributed by atoms with E-state index in [-0.39, 0.29) is 5.78 Å². The number of ketones is 1. The van der Waals surface area contributed by atoms with Gasteiger partial charge in [0.1, 0.15) is 11.5 Å². The molecule has 4 aromatic rings. The predicted molar refractivity (Wildman–Crippen MR) is 115 cm³/mol. The molecular formula is C24H17NO3S. The highest BCUT2D eigenvalue weighted by atomic mass is 32.1. The van der Waals surface area contributed by atoms with Gasteiger partial charge in [-0.05, 0) is 72.3 Å². The second-order valence-electron chi connectivity index (χ2n) is 6.42. The second-order valence-corrected chi connectivity index (χ2v) is 7.47. The number of ether oxygens (including phenoxy) is 2. The number of hydrogen-bond donors (Lipinski definition) is 0. The maximum Gasteiger partial charge on any atom is 0.195 e. The highest BCUT2D eigenvalue weighted by Gasteiger charge is 2.22.